The predicted molar refractivity (Wildman–Crippen MR) is 89.9 cm³/mol. The molecule has 2 aliphatic heterocycles. The summed E-state index contributed by atoms with van der Waals surface area (Å²) >= 11 is 0. The molecule has 2 fully saturated rings. The lowest BCUT2D eigenvalue weighted by Gasteiger charge is -2.34. The molecule has 3 nitrogen and oxygen atoms in total. The van der Waals surface area contributed by atoms with Crippen LogP contribution >= 0.6 is 0 Å². The maximum atomic E-state index is 12.5. The van der Waals surface area contributed by atoms with Crippen molar-refractivity contribution in [3.05, 3.63) is 47.5 Å². The van der Waals surface area contributed by atoms with Crippen molar-refractivity contribution >= 4 is 6.09 Å². The van der Waals surface area contributed by atoms with Gasteiger partial charge < -0.3 is 4.74 Å². The summed E-state index contributed by atoms with van der Waals surface area (Å²) in [5, 5.41) is 0. The summed E-state index contributed by atoms with van der Waals surface area (Å²) in [5.41, 5.74) is 2.68. The van der Waals surface area contributed by atoms with Crippen LogP contribution in [0, 0.1) is 5.92 Å². The average molecular weight is 311 g/mol. The molecule has 0 N–H and O–H groups in total. The predicted octanol–water partition coefficient (Wildman–Crippen LogP) is 4.68. The van der Waals surface area contributed by atoms with Crippen molar-refractivity contribution < 1.29 is 9.53 Å². The minimum absolute atomic E-state index is 0.136. The third-order valence-electron chi connectivity index (χ3n) is 5.72. The van der Waals surface area contributed by atoms with Gasteiger partial charge in [-0.3, -0.25) is 4.90 Å². The lowest BCUT2D eigenvalue weighted by atomic mass is 9.89. The van der Waals surface area contributed by atoms with Crippen molar-refractivity contribution in [2.24, 2.45) is 5.92 Å². The average Bonchev–Trinajstić information content (AvgIpc) is 3.20. The first-order valence-corrected chi connectivity index (χ1v) is 9.01. The molecule has 2 atom stereocenters. The summed E-state index contributed by atoms with van der Waals surface area (Å²) in [6, 6.07) is 10.6. The van der Waals surface area contributed by atoms with Gasteiger partial charge in [0.2, 0.25) is 0 Å². The molecular weight excluding hydrogens is 286 g/mol. The Hall–Kier alpha value is -1.77. The Balaban J connectivity index is 1.40. The van der Waals surface area contributed by atoms with E-state index in [1.165, 1.54) is 25.7 Å². The van der Waals surface area contributed by atoms with Crippen molar-refractivity contribution in [2.45, 2.75) is 63.6 Å². The number of ether oxygens (including phenoxy) is 1. The van der Waals surface area contributed by atoms with Gasteiger partial charge in [-0.1, -0.05) is 54.8 Å². The van der Waals surface area contributed by atoms with Crippen LogP contribution in [-0.2, 0) is 11.3 Å². The van der Waals surface area contributed by atoms with Gasteiger partial charge in [0.25, 0.3) is 0 Å². The molecule has 122 valence electrons. The molecule has 1 aromatic carbocycles. The molecule has 2 unspecified atom stereocenters. The van der Waals surface area contributed by atoms with Gasteiger partial charge in [0.1, 0.15) is 6.61 Å². The van der Waals surface area contributed by atoms with Crippen LogP contribution in [0.15, 0.2) is 42.0 Å². The molecule has 0 aromatic heterocycles. The van der Waals surface area contributed by atoms with Gasteiger partial charge in [0.15, 0.2) is 0 Å². The topological polar surface area (TPSA) is 29.5 Å². The molecule has 1 saturated heterocycles. The minimum atomic E-state index is -0.136. The number of fused-ring (bicyclic) bond motifs is 2. The SMILES string of the molecule is O=C(OCc1ccccc1)N1C2C=C(C3CCCC3)CC1CC2. The highest BCUT2D eigenvalue weighted by molar-refractivity contribution is 5.70. The first kappa shape index (κ1) is 14.8. The summed E-state index contributed by atoms with van der Waals surface area (Å²) in [6.45, 7) is 0.370. The monoisotopic (exact) mass is 311 g/mol. The number of rotatable bonds is 3. The van der Waals surface area contributed by atoms with Crippen molar-refractivity contribution in [1.29, 1.82) is 0 Å². The van der Waals surface area contributed by atoms with Crippen LogP contribution in [0.5, 0.6) is 0 Å². The van der Waals surface area contributed by atoms with Gasteiger partial charge in [-0.2, -0.15) is 0 Å². The first-order chi connectivity index (χ1) is 11.3. The molecule has 1 amide bonds. The van der Waals surface area contributed by atoms with Crippen molar-refractivity contribution in [3.8, 4) is 0 Å². The van der Waals surface area contributed by atoms with E-state index in [4.69, 9.17) is 4.74 Å². The Bertz CT molecular complexity index is 589. The van der Waals surface area contributed by atoms with Crippen LogP contribution in [0.3, 0.4) is 0 Å². The van der Waals surface area contributed by atoms with Crippen LogP contribution in [0.4, 0.5) is 4.79 Å². The normalized spacial score (nSPS) is 27.1. The first-order valence-electron chi connectivity index (χ1n) is 9.01. The molecule has 23 heavy (non-hydrogen) atoms. The molecule has 2 heterocycles. The largest absolute Gasteiger partial charge is 0.445 e. The second kappa shape index (κ2) is 6.38. The highest BCUT2D eigenvalue weighted by Crippen LogP contribution is 2.42. The zero-order chi connectivity index (χ0) is 15.6. The maximum absolute atomic E-state index is 12.5. The maximum Gasteiger partial charge on any atom is 0.410 e. The van der Waals surface area contributed by atoms with Gasteiger partial charge in [-0.15, -0.1) is 0 Å². The molecule has 0 radical (unpaired) electrons. The zero-order valence-corrected chi connectivity index (χ0v) is 13.6. The van der Waals surface area contributed by atoms with Crippen molar-refractivity contribution in [1.82, 2.24) is 4.90 Å². The van der Waals surface area contributed by atoms with E-state index in [-0.39, 0.29) is 12.1 Å². The van der Waals surface area contributed by atoms with E-state index in [1.54, 1.807) is 5.57 Å². The molecular formula is C20H25NO2. The lowest BCUT2D eigenvalue weighted by Crippen LogP contribution is -2.43. The van der Waals surface area contributed by atoms with Crippen molar-refractivity contribution in [3.63, 3.8) is 0 Å². The van der Waals surface area contributed by atoms with Gasteiger partial charge in [0.05, 0.1) is 6.04 Å². The van der Waals surface area contributed by atoms with E-state index in [9.17, 15) is 4.79 Å². The van der Waals surface area contributed by atoms with E-state index in [0.717, 1.165) is 30.7 Å². The highest BCUT2D eigenvalue weighted by atomic mass is 16.6. The second-order valence-corrected chi connectivity index (χ2v) is 7.17. The second-order valence-electron chi connectivity index (χ2n) is 7.17. The molecule has 1 aromatic rings. The third kappa shape index (κ3) is 3.01. The number of benzene rings is 1. The van der Waals surface area contributed by atoms with Gasteiger partial charge >= 0.3 is 6.09 Å². The Kier molecular flexibility index (Phi) is 4.11. The quantitative estimate of drug-likeness (QED) is 0.759. The standard InChI is InChI=1S/C20H25NO2/c22-20(23-14-15-6-2-1-3-7-15)21-18-10-11-19(21)13-17(12-18)16-8-4-5-9-16/h1-3,6-7,12,16,18-19H,4-5,8-11,13-14H2. The summed E-state index contributed by atoms with van der Waals surface area (Å²) < 4.78 is 5.57. The number of amides is 1. The summed E-state index contributed by atoms with van der Waals surface area (Å²) in [7, 11) is 0. The molecule has 4 rings (SSSR count). The fraction of sp³-hybridized carbons (Fsp3) is 0.550. The van der Waals surface area contributed by atoms with Gasteiger partial charge in [-0.05, 0) is 43.6 Å². The fourth-order valence-corrected chi connectivity index (χ4v) is 4.54. The molecule has 1 saturated carbocycles. The number of hydrogen-bond donors (Lipinski definition) is 0. The molecule has 3 heteroatoms. The Morgan fingerprint density at radius 2 is 1.87 bits per heavy atom. The van der Waals surface area contributed by atoms with E-state index in [1.807, 2.05) is 35.2 Å². The zero-order valence-electron chi connectivity index (χ0n) is 13.6. The Labute approximate surface area is 138 Å². The van der Waals surface area contributed by atoms with Crippen LogP contribution in [0.2, 0.25) is 0 Å². The number of carbonyl (C=O) groups excluding carboxylic acids is 1. The van der Waals surface area contributed by atoms with Gasteiger partial charge in [0, 0.05) is 6.04 Å². The van der Waals surface area contributed by atoms with Crippen LogP contribution in [0.25, 0.3) is 0 Å². The fourth-order valence-electron chi connectivity index (χ4n) is 4.54. The number of nitrogens with zero attached hydrogens (tertiary/aromatic N) is 1. The summed E-state index contributed by atoms with van der Waals surface area (Å²) in [4.78, 5) is 14.5. The van der Waals surface area contributed by atoms with Gasteiger partial charge in [-0.25, -0.2) is 4.79 Å². The van der Waals surface area contributed by atoms with E-state index in [0.29, 0.717) is 12.6 Å². The van der Waals surface area contributed by atoms with Crippen molar-refractivity contribution in [2.75, 3.05) is 0 Å². The third-order valence-corrected chi connectivity index (χ3v) is 5.72. The van der Waals surface area contributed by atoms with E-state index < -0.39 is 0 Å². The van der Waals surface area contributed by atoms with Crippen LogP contribution < -0.4 is 0 Å². The minimum Gasteiger partial charge on any atom is -0.445 e. The number of carbonyl (C=O) groups is 1. The van der Waals surface area contributed by atoms with E-state index in [2.05, 4.69) is 6.08 Å². The summed E-state index contributed by atoms with van der Waals surface area (Å²) in [5.74, 6) is 0.792. The Morgan fingerprint density at radius 1 is 1.09 bits per heavy atom. The highest BCUT2D eigenvalue weighted by Gasteiger charge is 2.41. The van der Waals surface area contributed by atoms with Crippen LogP contribution in [-0.4, -0.2) is 23.1 Å². The molecule has 3 aliphatic rings. The molecule has 1 aliphatic carbocycles. The molecule has 2 bridgehead atoms. The Morgan fingerprint density at radius 3 is 2.61 bits per heavy atom. The molecule has 0 spiro atoms. The van der Waals surface area contributed by atoms with Crippen LogP contribution in [0.1, 0.15) is 50.5 Å². The smallest absolute Gasteiger partial charge is 0.410 e. The lowest BCUT2D eigenvalue weighted by molar-refractivity contribution is 0.0809. The van der Waals surface area contributed by atoms with E-state index >= 15 is 0 Å². The number of hydrogen-bond acceptors (Lipinski definition) is 2. The summed E-state index contributed by atoms with van der Waals surface area (Å²) in [6.07, 6.45) is 11.0.